The van der Waals surface area contributed by atoms with Gasteiger partial charge in [0.2, 0.25) is 0 Å². The van der Waals surface area contributed by atoms with Gasteiger partial charge in [-0.25, -0.2) is 0 Å². The van der Waals surface area contributed by atoms with Crippen LogP contribution in [0.1, 0.15) is 0 Å². The first-order valence-electron chi connectivity index (χ1n) is 3.14. The molecule has 4 nitrogen and oxygen atoms in total. The second-order valence-electron chi connectivity index (χ2n) is 2.72. The lowest BCUT2D eigenvalue weighted by molar-refractivity contribution is -0.366. The molecule has 0 radical (unpaired) electrons. The van der Waals surface area contributed by atoms with E-state index in [-0.39, 0.29) is 0 Å². The zero-order valence-electron chi connectivity index (χ0n) is 8.59. The van der Waals surface area contributed by atoms with Crippen LogP contribution in [0.4, 0.5) is 4.32 Å². The fraction of sp³-hybridized carbons (Fsp3) is 1.00. The lowest BCUT2D eigenvalue weighted by Crippen LogP contribution is -2.39. The van der Waals surface area contributed by atoms with Crippen LogP contribution in [-0.4, -0.2) is 50.1 Å². The van der Waals surface area contributed by atoms with Crippen LogP contribution in [0.3, 0.4) is 0 Å². The Morgan fingerprint density at radius 3 is 0.833 bits per heavy atom. The molecule has 0 aliphatic carbocycles. The van der Waals surface area contributed by atoms with E-state index in [2.05, 4.69) is 8.73 Å². The predicted molar refractivity (Wildman–Crippen MR) is 44.6 cm³/mol. The molecule has 0 atom stereocenters. The van der Waals surface area contributed by atoms with Crippen molar-refractivity contribution >= 4 is 7.40 Å². The molecule has 0 aromatic rings. The zero-order chi connectivity index (χ0) is 10.7. The number of hydrogen-bond donors (Lipinski definition) is 0. The molecule has 0 aromatic heterocycles. The van der Waals surface area contributed by atoms with E-state index in [9.17, 15) is 4.32 Å². The highest BCUT2D eigenvalue weighted by Crippen LogP contribution is 1.60. The van der Waals surface area contributed by atoms with Crippen molar-refractivity contribution < 1.29 is 23.1 Å². The lowest BCUT2D eigenvalue weighted by Gasteiger charge is -2.09. The predicted octanol–water partition coefficient (Wildman–Crippen LogP) is -1.48. The maximum absolute atomic E-state index is 9.89. The number of hydrogen-bond acceptors (Lipinski definition) is 2. The fourth-order valence-corrected chi connectivity index (χ4v) is 0. The second-order valence-corrected chi connectivity index (χ2v) is 2.72. The largest absolute Gasteiger partial charge is 0.867 e. The monoisotopic (exact) mass is 184 g/mol. The summed E-state index contributed by atoms with van der Waals surface area (Å²) >= 11 is 0. The summed E-state index contributed by atoms with van der Waals surface area (Å²) in [4.78, 5) is 0. The molecule has 0 bridgehead atoms. The quantitative estimate of drug-likeness (QED) is 0.340. The van der Waals surface area contributed by atoms with E-state index in [0.29, 0.717) is 0 Å². The summed E-state index contributed by atoms with van der Waals surface area (Å²) in [6, 6.07) is 0. The summed E-state index contributed by atoms with van der Waals surface area (Å²) in [5.74, 6) is 0. The summed E-state index contributed by atoms with van der Waals surface area (Å²) in [5.41, 5.74) is 0. The number of halogens is 1. The average molecular weight is 184 g/mol. The molecule has 6 heteroatoms. The number of rotatable bonds is 0. The van der Waals surface area contributed by atoms with E-state index in [0.717, 1.165) is 0 Å². The molecule has 0 N–H and O–H groups in total. The minimum absolute atomic E-state index is 1.92. The van der Waals surface area contributed by atoms with Crippen molar-refractivity contribution in [2.75, 3.05) is 42.7 Å². The maximum Gasteiger partial charge on any atom is 0.135 e. The molecule has 0 saturated carbocycles. The topological polar surface area (TPSA) is 51.5 Å². The molecule has 0 unspecified atom stereocenters. The molecule has 0 amide bonds. The van der Waals surface area contributed by atoms with Crippen molar-refractivity contribution in [3.05, 3.63) is 0 Å². The van der Waals surface area contributed by atoms with E-state index in [1.165, 1.54) is 0 Å². The Bertz CT molecular complexity index is 48.0. The summed E-state index contributed by atoms with van der Waals surface area (Å²) < 4.78 is 15.1. The van der Waals surface area contributed by atoms with Gasteiger partial charge in [0.25, 0.3) is 0 Å². The summed E-state index contributed by atoms with van der Waals surface area (Å²) in [7, 11) is 8.33. The van der Waals surface area contributed by atoms with Gasteiger partial charge < -0.3 is 23.1 Å². The van der Waals surface area contributed by atoms with E-state index >= 15 is 0 Å². The molecule has 0 aliphatic rings. The highest BCUT2D eigenvalue weighted by atomic mass is 19.1. The third-order valence-electron chi connectivity index (χ3n) is 0. The maximum atomic E-state index is 9.89. The molecule has 12 heavy (non-hydrogen) atoms. The van der Waals surface area contributed by atoms with Gasteiger partial charge in [-0.1, -0.05) is 0 Å². The highest BCUT2D eigenvalue weighted by Gasteiger charge is 1.61. The van der Waals surface area contributed by atoms with E-state index in [4.69, 9.17) is 10.0 Å². The lowest BCUT2D eigenvalue weighted by atomic mass is 10.3. The van der Waals surface area contributed by atoms with Gasteiger partial charge in [-0.05, 0) is 0 Å². The smallest absolute Gasteiger partial charge is 0.135 e. The Balaban J connectivity index is -0.000000101. The SMILES string of the molecule is C[O+](C)C.C[O+](C)C.[O-]B([O-])F. The van der Waals surface area contributed by atoms with Crippen LogP contribution in [0.15, 0.2) is 0 Å². The molecule has 0 aromatic carbocycles. The minimum Gasteiger partial charge on any atom is -0.867 e. The highest BCUT2D eigenvalue weighted by molar-refractivity contribution is 6.27. The van der Waals surface area contributed by atoms with Gasteiger partial charge in [-0.2, -0.15) is 0 Å². The standard InChI is InChI=1S/2C3H9O.BFO2/c2*1-4(2)3;2-1(3)4/h2*1-3H3;/q2*+1;-2. The summed E-state index contributed by atoms with van der Waals surface area (Å²) in [6.07, 6.45) is 0. The van der Waals surface area contributed by atoms with Crippen molar-refractivity contribution in [2.45, 2.75) is 0 Å². The van der Waals surface area contributed by atoms with Crippen LogP contribution < -0.4 is 10.0 Å². The van der Waals surface area contributed by atoms with Crippen LogP contribution in [-0.2, 0) is 8.73 Å². The molecule has 0 fully saturated rings. The van der Waals surface area contributed by atoms with Gasteiger partial charge in [0, 0.05) is 0 Å². The first kappa shape index (κ1) is 17.8. The first-order valence-corrected chi connectivity index (χ1v) is 3.14. The summed E-state index contributed by atoms with van der Waals surface area (Å²) in [5, 5.41) is 16.6. The van der Waals surface area contributed by atoms with Gasteiger partial charge >= 0.3 is 0 Å². The third-order valence-corrected chi connectivity index (χ3v) is 0. The van der Waals surface area contributed by atoms with Crippen molar-refractivity contribution in [1.82, 2.24) is 0 Å². The molecule has 0 spiro atoms. The molecule has 0 saturated heterocycles. The normalized spacial score (nSPS) is 8.25. The van der Waals surface area contributed by atoms with Gasteiger partial charge in [0.1, 0.15) is 50.1 Å². The molecule has 0 aliphatic heterocycles. The van der Waals surface area contributed by atoms with Gasteiger partial charge in [-0.3, -0.25) is 0 Å². The minimum atomic E-state index is -3.17. The molecular weight excluding hydrogens is 166 g/mol. The molecule has 76 valence electrons. The average Bonchev–Trinajstić information content (AvgIpc) is 1.54. The van der Waals surface area contributed by atoms with Gasteiger partial charge in [0.15, 0.2) is 0 Å². The fourth-order valence-electron chi connectivity index (χ4n) is 0. The van der Waals surface area contributed by atoms with Crippen molar-refractivity contribution in [3.63, 3.8) is 0 Å². The van der Waals surface area contributed by atoms with Gasteiger partial charge in [-0.15, -0.1) is 0 Å². The Labute approximate surface area is 74.1 Å². The molecule has 0 rings (SSSR count). The third kappa shape index (κ3) is 28200. The summed E-state index contributed by atoms with van der Waals surface area (Å²) in [6.45, 7) is 0. The van der Waals surface area contributed by atoms with E-state index in [1.54, 1.807) is 0 Å². The first-order chi connectivity index (χ1) is 5.20. The molecular formula is C6H18BFO4. The van der Waals surface area contributed by atoms with Crippen molar-refractivity contribution in [2.24, 2.45) is 0 Å². The van der Waals surface area contributed by atoms with E-state index in [1.807, 2.05) is 42.7 Å². The zero-order valence-corrected chi connectivity index (χ0v) is 8.59. The van der Waals surface area contributed by atoms with Gasteiger partial charge in [0.05, 0.1) is 0 Å². The Morgan fingerprint density at radius 2 is 0.833 bits per heavy atom. The Hall–Kier alpha value is -0.165. The van der Waals surface area contributed by atoms with Crippen molar-refractivity contribution in [1.29, 1.82) is 0 Å². The van der Waals surface area contributed by atoms with E-state index < -0.39 is 7.40 Å². The van der Waals surface area contributed by atoms with Crippen LogP contribution in [0.5, 0.6) is 0 Å². The second kappa shape index (κ2) is 13.4. The van der Waals surface area contributed by atoms with Crippen LogP contribution in [0, 0.1) is 0 Å². The molecule has 0 heterocycles. The van der Waals surface area contributed by atoms with Crippen molar-refractivity contribution in [3.8, 4) is 0 Å². The van der Waals surface area contributed by atoms with Crippen LogP contribution in [0.2, 0.25) is 0 Å². The van der Waals surface area contributed by atoms with Crippen LogP contribution in [0.25, 0.3) is 0 Å². The Morgan fingerprint density at radius 1 is 0.833 bits per heavy atom. The Kier molecular flexibility index (Phi) is 19.9. The van der Waals surface area contributed by atoms with Crippen LogP contribution >= 0.6 is 0 Å².